The second-order valence-electron chi connectivity index (χ2n) is 27.6. The Balaban J connectivity index is 5.23. The molecular weight excluding hydrogens is 1220 g/mol. The van der Waals surface area contributed by atoms with Crippen LogP contribution in [0.4, 0.5) is 0 Å². The third-order valence-electron chi connectivity index (χ3n) is 17.9. The molecule has 0 radical (unpaired) electrons. The van der Waals surface area contributed by atoms with Gasteiger partial charge in [-0.2, -0.15) is 0 Å². The van der Waals surface area contributed by atoms with Crippen molar-refractivity contribution in [2.75, 3.05) is 39.6 Å². The highest BCUT2D eigenvalue weighted by Crippen LogP contribution is 2.45. The summed E-state index contributed by atoms with van der Waals surface area (Å²) in [5, 5.41) is 10.6. The maximum absolute atomic E-state index is 13.1. The molecule has 7 atom stereocenters. The third-order valence-corrected chi connectivity index (χ3v) is 19.8. The van der Waals surface area contributed by atoms with Gasteiger partial charge in [0.05, 0.1) is 26.4 Å². The van der Waals surface area contributed by atoms with Gasteiger partial charge in [-0.15, -0.1) is 0 Å². The number of carbonyl (C=O) groups is 4. The highest BCUT2D eigenvalue weighted by molar-refractivity contribution is 7.47. The fraction of sp³-hybridized carbons (Fsp3) is 0.946. The highest BCUT2D eigenvalue weighted by atomic mass is 31.2. The van der Waals surface area contributed by atoms with E-state index in [0.717, 1.165) is 108 Å². The van der Waals surface area contributed by atoms with Gasteiger partial charge in [-0.05, 0) is 43.4 Å². The summed E-state index contributed by atoms with van der Waals surface area (Å²) in [6, 6.07) is 0. The van der Waals surface area contributed by atoms with E-state index in [4.69, 9.17) is 37.0 Å². The normalized spacial score (nSPS) is 14.7. The molecule has 0 saturated carbocycles. The van der Waals surface area contributed by atoms with Crippen LogP contribution >= 0.6 is 15.6 Å². The summed E-state index contributed by atoms with van der Waals surface area (Å²) in [6.07, 6.45) is 50.1. The van der Waals surface area contributed by atoms with Crippen molar-refractivity contribution in [1.29, 1.82) is 0 Å². The van der Waals surface area contributed by atoms with E-state index >= 15 is 0 Å². The topological polar surface area (TPSA) is 237 Å². The Kier molecular flexibility index (Phi) is 63.4. The third kappa shape index (κ3) is 65.8. The smallest absolute Gasteiger partial charge is 0.462 e. The van der Waals surface area contributed by atoms with Crippen molar-refractivity contribution in [1.82, 2.24) is 0 Å². The fourth-order valence-electron chi connectivity index (χ4n) is 11.2. The summed E-state index contributed by atoms with van der Waals surface area (Å²) in [4.78, 5) is 72.7. The molecule has 0 aliphatic carbocycles. The summed E-state index contributed by atoms with van der Waals surface area (Å²) in [7, 11) is -9.91. The number of hydrogen-bond acceptors (Lipinski definition) is 15. The highest BCUT2D eigenvalue weighted by Gasteiger charge is 2.30. The van der Waals surface area contributed by atoms with Crippen molar-refractivity contribution >= 4 is 39.5 Å². The van der Waals surface area contributed by atoms with E-state index in [1.165, 1.54) is 180 Å². The molecule has 0 heterocycles. The lowest BCUT2D eigenvalue weighted by atomic mass is 9.99. The van der Waals surface area contributed by atoms with E-state index in [9.17, 15) is 43.2 Å². The van der Waals surface area contributed by atoms with E-state index in [1.807, 2.05) is 0 Å². The Labute approximate surface area is 568 Å². The van der Waals surface area contributed by atoms with E-state index in [-0.39, 0.29) is 25.7 Å². The van der Waals surface area contributed by atoms with Crippen LogP contribution in [-0.2, 0) is 65.4 Å². The molecule has 0 aromatic carbocycles. The molecule has 552 valence electrons. The largest absolute Gasteiger partial charge is 0.472 e. The molecule has 0 aromatic heterocycles. The van der Waals surface area contributed by atoms with Crippen LogP contribution in [-0.4, -0.2) is 96.7 Å². The maximum Gasteiger partial charge on any atom is 0.472 e. The molecule has 0 saturated heterocycles. The number of aliphatic hydroxyl groups is 1. The molecule has 0 aromatic rings. The zero-order valence-corrected chi connectivity index (χ0v) is 62.5. The Morgan fingerprint density at radius 1 is 0.312 bits per heavy atom. The van der Waals surface area contributed by atoms with Crippen LogP contribution in [0.3, 0.4) is 0 Å². The molecule has 0 aliphatic heterocycles. The minimum Gasteiger partial charge on any atom is -0.462 e. The van der Waals surface area contributed by atoms with Gasteiger partial charge in [-0.1, -0.05) is 325 Å². The van der Waals surface area contributed by atoms with Gasteiger partial charge < -0.3 is 33.8 Å². The van der Waals surface area contributed by atoms with Gasteiger partial charge in [0, 0.05) is 25.7 Å². The van der Waals surface area contributed by atoms with Crippen molar-refractivity contribution in [3.8, 4) is 0 Å². The average molecular weight is 1370 g/mol. The number of aliphatic hydroxyl groups excluding tert-OH is 1. The number of rotatable bonds is 72. The Morgan fingerprint density at radius 2 is 0.548 bits per heavy atom. The number of phosphoric acid groups is 2. The first-order valence-corrected chi connectivity index (χ1v) is 41.4. The zero-order chi connectivity index (χ0) is 68.7. The minimum absolute atomic E-state index is 0.102. The van der Waals surface area contributed by atoms with Gasteiger partial charge >= 0.3 is 39.5 Å². The SMILES string of the molecule is CCCCCCCCCCCCCCCCCCCCCC(=O)O[C@H](COC(=O)CCCCCCCCCCCCC(C)CC)COP(=O)(O)OC[C@@H](O)COP(=O)(O)OC[C@@H](COC(=O)CCCCCCCCC(C)CC)OC(=O)CCCCCCCCCC(C)C. The molecule has 93 heavy (non-hydrogen) atoms. The quantitative estimate of drug-likeness (QED) is 0.0222. The fourth-order valence-corrected chi connectivity index (χ4v) is 12.8. The van der Waals surface area contributed by atoms with Crippen molar-refractivity contribution in [3.63, 3.8) is 0 Å². The Hall–Kier alpha value is -1.94. The molecule has 17 nitrogen and oxygen atoms in total. The summed E-state index contributed by atoms with van der Waals surface area (Å²) in [5.41, 5.74) is 0. The Morgan fingerprint density at radius 3 is 0.817 bits per heavy atom. The second-order valence-corrected chi connectivity index (χ2v) is 30.6. The lowest BCUT2D eigenvalue weighted by Crippen LogP contribution is -2.30. The predicted octanol–water partition coefficient (Wildman–Crippen LogP) is 21.4. The molecule has 0 fully saturated rings. The van der Waals surface area contributed by atoms with Crippen molar-refractivity contribution in [2.45, 2.75) is 394 Å². The van der Waals surface area contributed by atoms with Crippen molar-refractivity contribution in [3.05, 3.63) is 0 Å². The second kappa shape index (κ2) is 64.7. The van der Waals surface area contributed by atoms with Crippen molar-refractivity contribution in [2.24, 2.45) is 17.8 Å². The summed E-state index contributed by atoms with van der Waals surface area (Å²) < 4.78 is 68.4. The maximum atomic E-state index is 13.1. The molecule has 19 heteroatoms. The molecule has 0 amide bonds. The van der Waals surface area contributed by atoms with Crippen LogP contribution < -0.4 is 0 Å². The lowest BCUT2D eigenvalue weighted by molar-refractivity contribution is -0.161. The zero-order valence-electron chi connectivity index (χ0n) is 60.7. The van der Waals surface area contributed by atoms with E-state index in [0.29, 0.717) is 31.6 Å². The molecular formula is C74H144O17P2. The average Bonchev–Trinajstić information content (AvgIpc) is 2.07. The van der Waals surface area contributed by atoms with Crippen molar-refractivity contribution < 1.29 is 80.2 Å². The number of esters is 4. The molecule has 0 bridgehead atoms. The van der Waals surface area contributed by atoms with E-state index < -0.39 is 97.5 Å². The van der Waals surface area contributed by atoms with Crippen LogP contribution in [0.1, 0.15) is 376 Å². The van der Waals surface area contributed by atoms with Gasteiger partial charge in [0.1, 0.15) is 19.3 Å². The number of carbonyl (C=O) groups excluding carboxylic acids is 4. The van der Waals surface area contributed by atoms with Gasteiger partial charge in [0.2, 0.25) is 0 Å². The van der Waals surface area contributed by atoms with Crippen LogP contribution in [0.2, 0.25) is 0 Å². The van der Waals surface area contributed by atoms with Gasteiger partial charge in [-0.3, -0.25) is 37.3 Å². The molecule has 3 N–H and O–H groups in total. The summed E-state index contributed by atoms with van der Waals surface area (Å²) in [5.74, 6) is 0.111. The number of phosphoric ester groups is 2. The number of ether oxygens (including phenoxy) is 4. The van der Waals surface area contributed by atoms with E-state index in [1.54, 1.807) is 0 Å². The molecule has 0 rings (SSSR count). The van der Waals surface area contributed by atoms with Gasteiger partial charge in [0.15, 0.2) is 12.2 Å². The summed E-state index contributed by atoms with van der Waals surface area (Å²) >= 11 is 0. The lowest BCUT2D eigenvalue weighted by Gasteiger charge is -2.21. The van der Waals surface area contributed by atoms with Crippen LogP contribution in [0.25, 0.3) is 0 Å². The number of hydrogen-bond donors (Lipinski definition) is 3. The van der Waals surface area contributed by atoms with Gasteiger partial charge in [0.25, 0.3) is 0 Å². The molecule has 0 spiro atoms. The van der Waals surface area contributed by atoms with Crippen LogP contribution in [0.5, 0.6) is 0 Å². The van der Waals surface area contributed by atoms with Crippen LogP contribution in [0.15, 0.2) is 0 Å². The van der Waals surface area contributed by atoms with Crippen LogP contribution in [0, 0.1) is 17.8 Å². The summed E-state index contributed by atoms with van der Waals surface area (Å²) in [6.45, 7) is 11.8. The van der Waals surface area contributed by atoms with E-state index in [2.05, 4.69) is 48.5 Å². The molecule has 0 aliphatic rings. The van der Waals surface area contributed by atoms with Gasteiger partial charge in [-0.25, -0.2) is 9.13 Å². The minimum atomic E-state index is -4.96. The molecule has 4 unspecified atom stereocenters. The monoisotopic (exact) mass is 1370 g/mol. The predicted molar refractivity (Wildman–Crippen MR) is 377 cm³/mol. The Bertz CT molecular complexity index is 1820. The first-order valence-electron chi connectivity index (χ1n) is 38.4. The first-order chi connectivity index (χ1) is 44.8. The standard InChI is InChI=1S/C74H144O17P2/c1-8-11-12-13-14-15-16-17-18-19-20-21-22-23-24-29-34-43-50-57-73(78)90-69(61-84-71(76)55-48-41-33-28-26-25-27-32-39-46-53-66(6)9-2)63-88-92(80,81)86-59-68(75)60-87-93(82,83)89-64-70(91-74(79)58-51-44-35-30-31-38-45-52-65(4)5)62-85-72(77)56-49-42-37-36-40-47-54-67(7)10-3/h65-70,75H,8-64H2,1-7H3,(H,80,81)(H,82,83)/t66?,67?,68-,69-,70-/m1/s1. The first kappa shape index (κ1) is 91.1. The number of unbranched alkanes of at least 4 members (excludes halogenated alkanes) is 38.